The van der Waals surface area contributed by atoms with Crippen LogP contribution in [0.15, 0.2) is 346 Å². The van der Waals surface area contributed by atoms with Gasteiger partial charge in [-0.2, -0.15) is 0 Å². The summed E-state index contributed by atoms with van der Waals surface area (Å²) < 4.78 is 0. The minimum atomic E-state index is -0.355. The first-order chi connectivity index (χ1) is 64.5. The van der Waals surface area contributed by atoms with Crippen LogP contribution >= 0.6 is 0 Å². The zero-order valence-corrected chi connectivity index (χ0v) is 80.9. The van der Waals surface area contributed by atoms with E-state index >= 15 is 0 Å². The van der Waals surface area contributed by atoms with E-state index in [9.17, 15) is 0 Å². The van der Waals surface area contributed by atoms with Crippen LogP contribution in [0.1, 0.15) is 226 Å². The molecule has 0 radical (unpaired) electrons. The SMILES string of the molecule is CC.CCC(C)(C)c1ccc(N(c2ccc(C)cc2)c2ccc(N(c3ccc4c(c3)CC4)c3ccc4c(c3)CC4)cc2)cc1.CCC(C)(C)c1ccc(N(c2ccc(C)cc2)c2ccc(N(c3ccccc3)c3ccc4c(c3)CC4)cc2)cc1.CCC(C)(C)c1ccc2c(c1)C(C)(C)c1cc(-c3ccc4c(c3)C(c3ccc5c(c3)CC5)(c3ccc5c(c3)CC5)c3ccccc3-4)ccc1-2. The van der Waals surface area contributed by atoms with Gasteiger partial charge in [-0.3, -0.25) is 0 Å². The first-order valence-electron chi connectivity index (χ1n) is 49.5. The Balaban J connectivity index is 0.000000124. The standard InChI is InChI=1S/C49H44.C40H40N2.C38H38N2.C2H6/c1-6-47(2,3)36-21-24-41-40-22-17-34(27-44(40)48(4,5)45(41)29-36)35-18-23-42-39-9-7-8-10-43(39)49(46(42)28-35,37-19-15-30-11-13-32(30)25-37)38-20-16-31-12-14-33(31)26-38;1-5-40(3,4)33-14-20-35(21-15-33)41(34-16-6-28(2)7-17-34)36-22-24-37(25-23-36)42(38-18-12-29-8-10-31(29)26-38)39-19-13-30-9-11-32(30)27-39;1-5-38(3,4)31-16-21-34(22-17-31)39(33-18-11-28(2)12-19-33)35-23-25-36(26-24-35)40(32-9-7-6-8-10-32)37-20-15-29-13-14-30(29)27-37;1-2/h7-10,15-29H,6,11-14H2,1-5H3;6-7,12-27H,5,8-11H2,1-4H3;6-12,15-27H,5,13-14H2,1-4H3;1-2H3. The molecule has 0 heterocycles. The van der Waals surface area contributed by atoms with Crippen molar-refractivity contribution in [2.45, 2.75) is 214 Å². The second-order valence-corrected chi connectivity index (χ2v) is 40.7. The molecule has 0 N–H and O–H groups in total. The largest absolute Gasteiger partial charge is 0.311 e. The third-order valence-electron chi connectivity index (χ3n) is 31.6. The molecule has 0 unspecified atom stereocenters. The van der Waals surface area contributed by atoms with Gasteiger partial charge in [-0.15, -0.1) is 0 Å². The number of hydrogen-bond donors (Lipinski definition) is 0. The van der Waals surface area contributed by atoms with Crippen LogP contribution in [0.25, 0.3) is 33.4 Å². The number of benzene rings is 16. The van der Waals surface area contributed by atoms with Gasteiger partial charge >= 0.3 is 0 Å². The fourth-order valence-electron chi connectivity index (χ4n) is 21.4. The Kier molecular flexibility index (Phi) is 23.3. The van der Waals surface area contributed by atoms with E-state index < -0.39 is 0 Å². The predicted octanol–water partition coefficient (Wildman–Crippen LogP) is 34.5. The number of fused-ring (bicyclic) bond motifs is 11. The predicted molar refractivity (Wildman–Crippen MR) is 566 cm³/mol. The van der Waals surface area contributed by atoms with Gasteiger partial charge in [-0.1, -0.05) is 289 Å². The molecule has 4 heteroatoms. The van der Waals surface area contributed by atoms with Crippen LogP contribution in [-0.2, 0) is 91.3 Å². The molecule has 0 fully saturated rings. The maximum atomic E-state index is 2.55. The highest BCUT2D eigenvalue weighted by Crippen LogP contribution is 2.59. The molecule has 0 saturated carbocycles. The van der Waals surface area contributed by atoms with Gasteiger partial charge in [0.1, 0.15) is 0 Å². The maximum absolute atomic E-state index is 2.55. The summed E-state index contributed by atoms with van der Waals surface area (Å²) >= 11 is 0. The molecule has 16 aromatic carbocycles. The molecule has 7 aliphatic carbocycles. The van der Waals surface area contributed by atoms with Gasteiger partial charge in [0.05, 0.1) is 5.41 Å². The lowest BCUT2D eigenvalue weighted by atomic mass is 9.65. The summed E-state index contributed by atoms with van der Waals surface area (Å²) in [6, 6.07) is 131. The van der Waals surface area contributed by atoms with Crippen molar-refractivity contribution in [2.24, 2.45) is 0 Å². The molecule has 23 rings (SSSR count). The first kappa shape index (κ1) is 87.7. The summed E-state index contributed by atoms with van der Waals surface area (Å²) in [4.78, 5) is 9.51. The summed E-state index contributed by atoms with van der Waals surface area (Å²) in [7, 11) is 0. The quantitative estimate of drug-likeness (QED) is 0.0711. The highest BCUT2D eigenvalue weighted by atomic mass is 15.2. The van der Waals surface area contributed by atoms with E-state index in [0.717, 1.165) is 53.4 Å². The second-order valence-electron chi connectivity index (χ2n) is 40.7. The fraction of sp³-hybridized carbons (Fsp3) is 0.256. The van der Waals surface area contributed by atoms with E-state index in [2.05, 4.69) is 455 Å². The Morgan fingerprint density at radius 3 is 0.850 bits per heavy atom. The number of hydrogen-bond acceptors (Lipinski definition) is 4. The molecule has 0 bridgehead atoms. The van der Waals surface area contributed by atoms with Crippen molar-refractivity contribution in [1.82, 2.24) is 0 Å². The minimum Gasteiger partial charge on any atom is -0.311 e. The number of nitrogens with zero attached hydrogens (tertiary/aromatic N) is 4. The second kappa shape index (κ2) is 35.4. The molecule has 4 nitrogen and oxygen atoms in total. The lowest BCUT2D eigenvalue weighted by Crippen LogP contribution is -2.30. The van der Waals surface area contributed by atoms with Crippen molar-refractivity contribution in [2.75, 3.05) is 19.6 Å². The molecule has 0 spiro atoms. The van der Waals surface area contributed by atoms with E-state index in [-0.39, 0.29) is 27.1 Å². The van der Waals surface area contributed by atoms with Crippen molar-refractivity contribution in [3.05, 3.63) is 463 Å². The molecular weight excluding hydrogens is 1610 g/mol. The Bertz CT molecular complexity index is 6910. The van der Waals surface area contributed by atoms with E-state index in [1.165, 1.54) is 249 Å². The van der Waals surface area contributed by atoms with Gasteiger partial charge in [-0.05, 0) is 410 Å². The third kappa shape index (κ3) is 16.0. The summed E-state index contributed by atoms with van der Waals surface area (Å²) in [6.45, 7) is 34.0. The van der Waals surface area contributed by atoms with Crippen LogP contribution in [0.3, 0.4) is 0 Å². The van der Waals surface area contributed by atoms with Crippen LogP contribution in [-0.4, -0.2) is 0 Å². The van der Waals surface area contributed by atoms with Gasteiger partial charge in [0.25, 0.3) is 0 Å². The normalized spacial score (nSPS) is 14.2. The molecule has 0 aliphatic heterocycles. The molecule has 0 aromatic heterocycles. The Morgan fingerprint density at radius 1 is 0.226 bits per heavy atom. The van der Waals surface area contributed by atoms with Crippen LogP contribution < -0.4 is 19.6 Å². The van der Waals surface area contributed by atoms with Crippen molar-refractivity contribution in [3.63, 3.8) is 0 Å². The summed E-state index contributed by atoms with van der Waals surface area (Å²) in [5.74, 6) is 0. The fourth-order valence-corrected chi connectivity index (χ4v) is 21.4. The molecule has 133 heavy (non-hydrogen) atoms. The number of aryl methyl sites for hydroxylation is 12. The number of rotatable bonds is 21. The Hall–Kier alpha value is -13.3. The average Bonchev–Trinajstić information content (AvgIpc) is 1.50. The van der Waals surface area contributed by atoms with Gasteiger partial charge in [-0.25, -0.2) is 0 Å². The molecule has 16 aromatic rings. The van der Waals surface area contributed by atoms with Crippen molar-refractivity contribution in [1.29, 1.82) is 0 Å². The van der Waals surface area contributed by atoms with E-state index in [1.54, 1.807) is 0 Å². The molecule has 0 amide bonds. The zero-order valence-electron chi connectivity index (χ0n) is 80.9. The molecule has 0 saturated heterocycles. The molecule has 664 valence electrons. The third-order valence-corrected chi connectivity index (χ3v) is 31.6. The average molecular weight is 1730 g/mol. The van der Waals surface area contributed by atoms with Crippen molar-refractivity contribution in [3.8, 4) is 33.4 Å². The first-order valence-corrected chi connectivity index (χ1v) is 49.5. The highest BCUT2D eigenvalue weighted by molar-refractivity contribution is 5.92. The summed E-state index contributed by atoms with van der Waals surface area (Å²) in [5.41, 5.74) is 52.6. The Labute approximate surface area is 792 Å². The van der Waals surface area contributed by atoms with Crippen molar-refractivity contribution >= 4 is 68.2 Å². The maximum Gasteiger partial charge on any atom is 0.0713 e. The lowest BCUT2D eigenvalue weighted by Gasteiger charge is -2.37. The van der Waals surface area contributed by atoms with Crippen LogP contribution in [0.2, 0.25) is 0 Å². The number of anilines is 12. The van der Waals surface area contributed by atoms with Crippen LogP contribution in [0.4, 0.5) is 68.2 Å². The monoisotopic (exact) mass is 1730 g/mol. The molecule has 0 atom stereocenters. The van der Waals surface area contributed by atoms with Gasteiger partial charge in [0.2, 0.25) is 0 Å². The topological polar surface area (TPSA) is 13.0 Å². The minimum absolute atomic E-state index is 0.0605. The molecular formula is C129H128N4. The summed E-state index contributed by atoms with van der Waals surface area (Å²) in [6.07, 6.45) is 15.3. The summed E-state index contributed by atoms with van der Waals surface area (Å²) in [5, 5.41) is 0. The van der Waals surface area contributed by atoms with Gasteiger partial charge in [0, 0.05) is 73.7 Å². The smallest absolute Gasteiger partial charge is 0.0713 e. The van der Waals surface area contributed by atoms with Gasteiger partial charge in [0.15, 0.2) is 0 Å². The van der Waals surface area contributed by atoms with Crippen LogP contribution in [0, 0.1) is 13.8 Å². The Morgan fingerprint density at radius 2 is 0.489 bits per heavy atom. The lowest BCUT2D eigenvalue weighted by molar-refractivity contribution is 0.504. The van der Waals surface area contributed by atoms with E-state index in [0.29, 0.717) is 0 Å². The van der Waals surface area contributed by atoms with Crippen molar-refractivity contribution < 1.29 is 0 Å². The van der Waals surface area contributed by atoms with Gasteiger partial charge < -0.3 is 19.6 Å². The van der Waals surface area contributed by atoms with E-state index in [1.807, 2.05) is 13.8 Å². The molecule has 7 aliphatic rings. The number of para-hydroxylation sites is 1. The van der Waals surface area contributed by atoms with E-state index in [4.69, 9.17) is 0 Å². The highest BCUT2D eigenvalue weighted by Gasteiger charge is 2.48. The van der Waals surface area contributed by atoms with Crippen LogP contribution in [0.5, 0.6) is 0 Å². The zero-order chi connectivity index (χ0) is 91.8.